The number of carbonyl (C=O) groups is 1. The topological polar surface area (TPSA) is 47.3 Å². The van der Waals surface area contributed by atoms with E-state index in [4.69, 9.17) is 16.9 Å². The van der Waals surface area contributed by atoms with Crippen molar-refractivity contribution in [1.29, 1.82) is 5.26 Å². The maximum absolute atomic E-state index is 11.8. The van der Waals surface area contributed by atoms with E-state index in [1.54, 1.807) is 11.9 Å². The first kappa shape index (κ1) is 16.5. The van der Waals surface area contributed by atoms with Crippen LogP contribution in [0.25, 0.3) is 0 Å². The molecular weight excluding hydrogens is 274 g/mol. The summed E-state index contributed by atoms with van der Waals surface area (Å²) in [6, 6.07) is 9.75. The molecule has 1 aromatic carbocycles. The number of benzene rings is 1. The lowest BCUT2D eigenvalue weighted by Crippen LogP contribution is -2.31. The molecule has 0 heterocycles. The van der Waals surface area contributed by atoms with Crippen molar-refractivity contribution in [3.05, 3.63) is 34.9 Å². The second-order valence-electron chi connectivity index (χ2n) is 4.84. The molecule has 0 aromatic heterocycles. The molecule has 0 fully saturated rings. The highest BCUT2D eigenvalue weighted by Crippen LogP contribution is 2.11. The van der Waals surface area contributed by atoms with Gasteiger partial charge in [0.15, 0.2) is 0 Å². The minimum Gasteiger partial charge on any atom is -0.345 e. The number of hydrogen-bond acceptors (Lipinski definition) is 3. The summed E-state index contributed by atoms with van der Waals surface area (Å²) in [7, 11) is 3.72. The van der Waals surface area contributed by atoms with E-state index in [1.807, 2.05) is 37.4 Å². The summed E-state index contributed by atoms with van der Waals surface area (Å²) in [5, 5.41) is 9.22. The quantitative estimate of drug-likeness (QED) is 0.776. The van der Waals surface area contributed by atoms with Crippen molar-refractivity contribution in [2.24, 2.45) is 0 Å². The van der Waals surface area contributed by atoms with E-state index in [9.17, 15) is 4.79 Å². The van der Waals surface area contributed by atoms with Gasteiger partial charge >= 0.3 is 0 Å². The second-order valence-corrected chi connectivity index (χ2v) is 5.27. The van der Waals surface area contributed by atoms with Gasteiger partial charge in [-0.2, -0.15) is 5.26 Å². The van der Waals surface area contributed by atoms with Gasteiger partial charge in [-0.25, -0.2) is 0 Å². The second kappa shape index (κ2) is 8.57. The fourth-order valence-electron chi connectivity index (χ4n) is 1.80. The summed E-state index contributed by atoms with van der Waals surface area (Å²) in [6.07, 6.45) is 0.842. The van der Waals surface area contributed by atoms with Gasteiger partial charge in [0.1, 0.15) is 0 Å². The van der Waals surface area contributed by atoms with Crippen LogP contribution in [0.4, 0.5) is 0 Å². The minimum absolute atomic E-state index is 0.0724. The van der Waals surface area contributed by atoms with Gasteiger partial charge in [0.25, 0.3) is 0 Å². The van der Waals surface area contributed by atoms with E-state index in [2.05, 4.69) is 4.90 Å². The number of nitrogens with zero attached hydrogens (tertiary/aromatic N) is 3. The van der Waals surface area contributed by atoms with Crippen LogP contribution in [0.15, 0.2) is 24.3 Å². The maximum Gasteiger partial charge on any atom is 0.223 e. The third kappa shape index (κ3) is 6.05. The number of nitriles is 1. The zero-order valence-electron chi connectivity index (χ0n) is 12.0. The third-order valence-electron chi connectivity index (χ3n) is 3.06. The molecule has 0 atom stereocenters. The van der Waals surface area contributed by atoms with Crippen LogP contribution in [0.2, 0.25) is 5.02 Å². The van der Waals surface area contributed by atoms with Crippen LogP contribution in [0.1, 0.15) is 18.4 Å². The molecule has 0 spiro atoms. The number of halogens is 1. The summed E-state index contributed by atoms with van der Waals surface area (Å²) in [5.41, 5.74) is 1.17. The van der Waals surface area contributed by atoms with Gasteiger partial charge in [-0.1, -0.05) is 23.7 Å². The van der Waals surface area contributed by atoms with Gasteiger partial charge in [-0.05, 0) is 24.7 Å². The van der Waals surface area contributed by atoms with E-state index < -0.39 is 0 Å². The van der Waals surface area contributed by atoms with E-state index in [1.165, 1.54) is 5.56 Å². The molecule has 0 saturated carbocycles. The van der Waals surface area contributed by atoms with Crippen LogP contribution < -0.4 is 0 Å². The molecular formula is C15H20ClN3O. The van der Waals surface area contributed by atoms with Gasteiger partial charge in [0.2, 0.25) is 5.91 Å². The Hall–Kier alpha value is -1.57. The Labute approximate surface area is 125 Å². The molecule has 0 radical (unpaired) electrons. The van der Waals surface area contributed by atoms with Crippen LogP contribution in [0, 0.1) is 11.3 Å². The van der Waals surface area contributed by atoms with Crippen molar-refractivity contribution in [3.63, 3.8) is 0 Å². The minimum atomic E-state index is 0.0724. The van der Waals surface area contributed by atoms with Gasteiger partial charge in [-0.15, -0.1) is 0 Å². The molecule has 1 aromatic rings. The van der Waals surface area contributed by atoms with Crippen LogP contribution in [-0.4, -0.2) is 42.9 Å². The summed E-state index contributed by atoms with van der Waals surface area (Å²) < 4.78 is 0. The Morgan fingerprint density at radius 3 is 2.50 bits per heavy atom. The van der Waals surface area contributed by atoms with Crippen LogP contribution in [0.3, 0.4) is 0 Å². The van der Waals surface area contributed by atoms with Gasteiger partial charge in [0.05, 0.1) is 12.5 Å². The fraction of sp³-hybridized carbons (Fsp3) is 0.467. The van der Waals surface area contributed by atoms with E-state index in [0.29, 0.717) is 25.9 Å². The molecule has 0 aliphatic rings. The van der Waals surface area contributed by atoms with Gasteiger partial charge in [0, 0.05) is 38.1 Å². The highest BCUT2D eigenvalue weighted by Gasteiger charge is 2.09. The molecule has 108 valence electrons. The summed E-state index contributed by atoms with van der Waals surface area (Å²) >= 11 is 5.84. The molecule has 0 aliphatic carbocycles. The first-order valence-electron chi connectivity index (χ1n) is 6.57. The smallest absolute Gasteiger partial charge is 0.223 e. The normalized spacial score (nSPS) is 10.3. The Kier molecular flexibility index (Phi) is 7.06. The van der Waals surface area contributed by atoms with E-state index in [-0.39, 0.29) is 5.91 Å². The molecule has 1 amide bonds. The zero-order chi connectivity index (χ0) is 15.0. The Morgan fingerprint density at radius 1 is 1.25 bits per heavy atom. The molecule has 4 nitrogen and oxygen atoms in total. The summed E-state index contributed by atoms with van der Waals surface area (Å²) in [6.45, 7) is 1.97. The largest absolute Gasteiger partial charge is 0.345 e. The van der Waals surface area contributed by atoms with E-state index in [0.717, 1.165) is 11.6 Å². The lowest BCUT2D eigenvalue weighted by molar-refractivity contribution is -0.130. The molecule has 1 rings (SSSR count). The van der Waals surface area contributed by atoms with Gasteiger partial charge in [-0.3, -0.25) is 4.79 Å². The SMILES string of the molecule is CN(CCC(=O)N(C)CCC#N)Cc1ccc(Cl)cc1. The maximum atomic E-state index is 11.8. The predicted molar refractivity (Wildman–Crippen MR) is 80.3 cm³/mol. The molecule has 0 unspecified atom stereocenters. The average Bonchev–Trinajstić information content (AvgIpc) is 2.44. The summed E-state index contributed by atoms with van der Waals surface area (Å²) in [4.78, 5) is 15.5. The third-order valence-corrected chi connectivity index (χ3v) is 3.31. The van der Waals surface area contributed by atoms with Crippen molar-refractivity contribution in [3.8, 4) is 6.07 Å². The van der Waals surface area contributed by atoms with Crippen LogP contribution >= 0.6 is 11.6 Å². The number of amides is 1. The number of carbonyl (C=O) groups excluding carboxylic acids is 1. The Morgan fingerprint density at radius 2 is 1.90 bits per heavy atom. The van der Waals surface area contributed by atoms with Crippen molar-refractivity contribution < 1.29 is 4.79 Å². The van der Waals surface area contributed by atoms with Crippen LogP contribution in [0.5, 0.6) is 0 Å². The van der Waals surface area contributed by atoms with E-state index >= 15 is 0 Å². The molecule has 0 saturated heterocycles. The van der Waals surface area contributed by atoms with Crippen molar-refractivity contribution in [2.45, 2.75) is 19.4 Å². The molecule has 0 N–H and O–H groups in total. The Bertz CT molecular complexity index is 467. The standard InChI is InChI=1S/C15H20ClN3O/c1-18(12-13-4-6-14(16)7-5-13)11-8-15(20)19(2)10-3-9-17/h4-7H,3,8,10-12H2,1-2H3. The van der Waals surface area contributed by atoms with Crippen molar-refractivity contribution in [2.75, 3.05) is 27.2 Å². The van der Waals surface area contributed by atoms with Crippen molar-refractivity contribution in [1.82, 2.24) is 9.80 Å². The number of hydrogen-bond donors (Lipinski definition) is 0. The monoisotopic (exact) mass is 293 g/mol. The Balaban J connectivity index is 2.32. The van der Waals surface area contributed by atoms with Crippen molar-refractivity contribution >= 4 is 17.5 Å². The average molecular weight is 294 g/mol. The highest BCUT2D eigenvalue weighted by atomic mass is 35.5. The predicted octanol–water partition coefficient (Wildman–Crippen LogP) is 2.53. The zero-order valence-corrected chi connectivity index (χ0v) is 12.7. The molecule has 20 heavy (non-hydrogen) atoms. The first-order valence-corrected chi connectivity index (χ1v) is 6.94. The lowest BCUT2D eigenvalue weighted by atomic mass is 10.2. The molecule has 0 aliphatic heterocycles. The van der Waals surface area contributed by atoms with Gasteiger partial charge < -0.3 is 9.80 Å². The first-order chi connectivity index (χ1) is 9.52. The van der Waals surface area contributed by atoms with Crippen LogP contribution in [-0.2, 0) is 11.3 Å². The summed E-state index contributed by atoms with van der Waals surface area (Å²) in [5.74, 6) is 0.0724. The molecule has 5 heteroatoms. The molecule has 0 bridgehead atoms. The number of rotatable bonds is 7. The lowest BCUT2D eigenvalue weighted by Gasteiger charge is -2.19. The fourth-order valence-corrected chi connectivity index (χ4v) is 1.93. The highest BCUT2D eigenvalue weighted by molar-refractivity contribution is 6.30.